The number of fused-ring (bicyclic) bond motifs is 1. The van der Waals surface area contributed by atoms with Crippen molar-refractivity contribution in [2.75, 3.05) is 6.54 Å². The normalized spacial score (nSPS) is 23.3. The quantitative estimate of drug-likeness (QED) is 0.844. The fourth-order valence-electron chi connectivity index (χ4n) is 4.20. The van der Waals surface area contributed by atoms with E-state index in [4.69, 9.17) is 11.6 Å². The summed E-state index contributed by atoms with van der Waals surface area (Å²) in [7, 11) is 0. The van der Waals surface area contributed by atoms with Crippen LogP contribution in [0.3, 0.4) is 0 Å². The minimum Gasteiger partial charge on any atom is -0.338 e. The molecule has 1 aromatic carbocycles. The van der Waals surface area contributed by atoms with Crippen LogP contribution in [0.5, 0.6) is 0 Å². The topological polar surface area (TPSA) is 63.9 Å². The maximum atomic E-state index is 12.8. The number of carbonyl (C=O) groups excluding carboxylic acids is 1. The zero-order valence-electron chi connectivity index (χ0n) is 14.1. The van der Waals surface area contributed by atoms with Gasteiger partial charge in [0.25, 0.3) is 0 Å². The molecule has 0 spiro atoms. The molecule has 7 heteroatoms. The van der Waals surface area contributed by atoms with E-state index in [1.807, 2.05) is 12.1 Å². The summed E-state index contributed by atoms with van der Waals surface area (Å²) in [4.78, 5) is 16.3. The molecule has 25 heavy (non-hydrogen) atoms. The Morgan fingerprint density at radius 1 is 1.20 bits per heavy atom. The molecular weight excluding hydrogens is 338 g/mol. The van der Waals surface area contributed by atoms with Gasteiger partial charge in [-0.2, -0.15) is 4.80 Å². The fraction of sp³-hybridized carbons (Fsp3) is 0.556. The average Bonchev–Trinajstić information content (AvgIpc) is 3.10. The lowest BCUT2D eigenvalue weighted by atomic mass is 9.78. The summed E-state index contributed by atoms with van der Waals surface area (Å²) in [5.74, 6) is 1.27. The van der Waals surface area contributed by atoms with Crippen molar-refractivity contribution in [3.63, 3.8) is 0 Å². The van der Waals surface area contributed by atoms with Crippen molar-refractivity contribution in [3.8, 4) is 11.4 Å². The van der Waals surface area contributed by atoms with Crippen molar-refractivity contribution in [1.29, 1.82) is 0 Å². The molecule has 1 saturated heterocycles. The average molecular weight is 360 g/mol. The van der Waals surface area contributed by atoms with Crippen LogP contribution in [0.25, 0.3) is 11.4 Å². The number of rotatable bonds is 3. The predicted molar refractivity (Wildman–Crippen MR) is 95.0 cm³/mol. The monoisotopic (exact) mass is 359 g/mol. The number of hydrogen-bond acceptors (Lipinski definition) is 4. The van der Waals surface area contributed by atoms with Gasteiger partial charge in [-0.1, -0.05) is 36.6 Å². The molecule has 0 unspecified atom stereocenters. The van der Waals surface area contributed by atoms with E-state index in [9.17, 15) is 4.79 Å². The molecule has 132 valence electrons. The first-order chi connectivity index (χ1) is 12.2. The molecule has 2 heterocycles. The molecule has 1 aromatic heterocycles. The lowest BCUT2D eigenvalue weighted by Gasteiger charge is -2.44. The van der Waals surface area contributed by atoms with Crippen LogP contribution in [0, 0.1) is 5.92 Å². The summed E-state index contributed by atoms with van der Waals surface area (Å²) in [5.41, 5.74) is 0.802. The van der Waals surface area contributed by atoms with Crippen molar-refractivity contribution < 1.29 is 4.79 Å². The molecule has 1 amide bonds. The van der Waals surface area contributed by atoms with E-state index in [0.29, 0.717) is 22.8 Å². The maximum absolute atomic E-state index is 12.8. The van der Waals surface area contributed by atoms with Gasteiger partial charge in [0.1, 0.15) is 6.54 Å². The zero-order chi connectivity index (χ0) is 17.2. The number of benzene rings is 1. The number of tetrazole rings is 1. The SMILES string of the molecule is O=C(Cn1nnc(-c2cccc(Cl)c2)n1)N1CCC[C@H]2CCCC[C@@H]21. The van der Waals surface area contributed by atoms with E-state index in [2.05, 4.69) is 20.3 Å². The highest BCUT2D eigenvalue weighted by atomic mass is 35.5. The van der Waals surface area contributed by atoms with Crippen molar-refractivity contribution in [1.82, 2.24) is 25.1 Å². The largest absolute Gasteiger partial charge is 0.338 e. The second-order valence-electron chi connectivity index (χ2n) is 7.00. The Labute approximate surface area is 152 Å². The van der Waals surface area contributed by atoms with Gasteiger partial charge < -0.3 is 4.90 Å². The summed E-state index contributed by atoms with van der Waals surface area (Å²) in [6, 6.07) is 7.73. The zero-order valence-corrected chi connectivity index (χ0v) is 14.9. The molecule has 0 N–H and O–H groups in total. The van der Waals surface area contributed by atoms with Crippen LogP contribution in [-0.4, -0.2) is 43.6 Å². The van der Waals surface area contributed by atoms with E-state index >= 15 is 0 Å². The summed E-state index contributed by atoms with van der Waals surface area (Å²) < 4.78 is 0. The van der Waals surface area contributed by atoms with Crippen molar-refractivity contribution in [2.24, 2.45) is 5.92 Å². The van der Waals surface area contributed by atoms with E-state index in [1.165, 1.54) is 30.5 Å². The van der Waals surface area contributed by atoms with E-state index in [0.717, 1.165) is 24.9 Å². The molecule has 2 fully saturated rings. The molecule has 1 saturated carbocycles. The molecule has 2 aliphatic rings. The van der Waals surface area contributed by atoms with E-state index in [1.54, 1.807) is 12.1 Å². The third kappa shape index (κ3) is 3.54. The smallest absolute Gasteiger partial charge is 0.246 e. The molecule has 4 rings (SSSR count). The van der Waals surface area contributed by atoms with Crippen LogP contribution in [0.4, 0.5) is 0 Å². The second kappa shape index (κ2) is 7.12. The Kier molecular flexibility index (Phi) is 4.70. The number of carbonyl (C=O) groups is 1. The summed E-state index contributed by atoms with van der Waals surface area (Å²) in [5, 5.41) is 13.1. The van der Waals surface area contributed by atoms with Crippen LogP contribution in [0.15, 0.2) is 24.3 Å². The van der Waals surface area contributed by atoms with Gasteiger partial charge in [0.05, 0.1) is 0 Å². The summed E-state index contributed by atoms with van der Waals surface area (Å²) >= 11 is 6.01. The Balaban J connectivity index is 1.46. The molecular formula is C18H22ClN5O. The number of halogens is 1. The van der Waals surface area contributed by atoms with Crippen LogP contribution in [-0.2, 0) is 11.3 Å². The highest BCUT2D eigenvalue weighted by molar-refractivity contribution is 6.30. The Morgan fingerprint density at radius 2 is 2.04 bits per heavy atom. The third-order valence-electron chi connectivity index (χ3n) is 5.38. The van der Waals surface area contributed by atoms with E-state index < -0.39 is 0 Å². The Hall–Kier alpha value is -1.95. The van der Waals surface area contributed by atoms with Gasteiger partial charge in [-0.25, -0.2) is 0 Å². The van der Waals surface area contributed by atoms with Crippen molar-refractivity contribution >= 4 is 17.5 Å². The van der Waals surface area contributed by atoms with Crippen molar-refractivity contribution in [2.45, 2.75) is 51.1 Å². The number of nitrogens with zero attached hydrogens (tertiary/aromatic N) is 5. The highest BCUT2D eigenvalue weighted by Crippen LogP contribution is 2.35. The number of hydrogen-bond donors (Lipinski definition) is 0. The van der Waals surface area contributed by atoms with Crippen molar-refractivity contribution in [3.05, 3.63) is 29.3 Å². The van der Waals surface area contributed by atoms with Gasteiger partial charge in [-0.3, -0.25) is 4.79 Å². The number of piperidine rings is 1. The molecule has 0 bridgehead atoms. The lowest BCUT2D eigenvalue weighted by Crippen LogP contribution is -2.50. The molecule has 1 aliphatic carbocycles. The Morgan fingerprint density at radius 3 is 2.92 bits per heavy atom. The van der Waals surface area contributed by atoms with Gasteiger partial charge in [-0.05, 0) is 48.9 Å². The second-order valence-corrected chi connectivity index (χ2v) is 7.43. The van der Waals surface area contributed by atoms with Crippen LogP contribution >= 0.6 is 11.6 Å². The van der Waals surface area contributed by atoms with Gasteiger partial charge in [0.15, 0.2) is 0 Å². The number of likely N-dealkylation sites (tertiary alicyclic amines) is 1. The minimum absolute atomic E-state index is 0.103. The third-order valence-corrected chi connectivity index (χ3v) is 5.61. The van der Waals surface area contributed by atoms with E-state index in [-0.39, 0.29) is 12.5 Å². The maximum Gasteiger partial charge on any atom is 0.246 e. The van der Waals surface area contributed by atoms with Crippen LogP contribution in [0.1, 0.15) is 38.5 Å². The first kappa shape index (κ1) is 16.5. The van der Waals surface area contributed by atoms with Crippen LogP contribution < -0.4 is 0 Å². The highest BCUT2D eigenvalue weighted by Gasteiger charge is 2.35. The first-order valence-electron chi connectivity index (χ1n) is 9.04. The van der Waals surface area contributed by atoms with Gasteiger partial charge in [-0.15, -0.1) is 10.2 Å². The van der Waals surface area contributed by atoms with Gasteiger partial charge >= 0.3 is 0 Å². The van der Waals surface area contributed by atoms with Crippen LogP contribution in [0.2, 0.25) is 5.02 Å². The molecule has 1 aliphatic heterocycles. The van der Waals surface area contributed by atoms with Gasteiger partial charge in [0, 0.05) is 23.2 Å². The minimum atomic E-state index is 0.103. The number of amides is 1. The molecule has 6 nitrogen and oxygen atoms in total. The molecule has 0 radical (unpaired) electrons. The Bertz CT molecular complexity index is 759. The fourth-order valence-corrected chi connectivity index (χ4v) is 4.39. The molecule has 2 aromatic rings. The predicted octanol–water partition coefficient (Wildman–Crippen LogP) is 3.17. The number of aromatic nitrogens is 4. The summed E-state index contributed by atoms with van der Waals surface area (Å²) in [6.07, 6.45) is 7.28. The molecule has 2 atom stereocenters. The standard InChI is InChI=1S/C18H22ClN5O/c19-15-8-3-6-14(11-15)18-20-22-24(21-18)12-17(25)23-10-4-7-13-5-1-2-9-16(13)23/h3,6,8,11,13,16H,1-2,4-5,7,9-10,12H2/t13-,16+/m1/s1. The first-order valence-corrected chi connectivity index (χ1v) is 9.42. The lowest BCUT2D eigenvalue weighted by molar-refractivity contribution is -0.138. The van der Waals surface area contributed by atoms with Gasteiger partial charge in [0.2, 0.25) is 11.7 Å². The summed E-state index contributed by atoms with van der Waals surface area (Å²) in [6.45, 7) is 1.01.